The quantitative estimate of drug-likeness (QED) is 0.878. The van der Waals surface area contributed by atoms with Crippen LogP contribution >= 0.6 is 11.6 Å². The van der Waals surface area contributed by atoms with Crippen molar-refractivity contribution < 1.29 is 14.6 Å². The highest BCUT2D eigenvalue weighted by atomic mass is 35.5. The lowest BCUT2D eigenvalue weighted by atomic mass is 10.2. The maximum absolute atomic E-state index is 12.1. The SMILES string of the molecule is COC1CCN(C(=O)c2ccc(O)c(Cl)c2)C1. The molecule has 0 radical (unpaired) electrons. The molecule has 2 rings (SSSR count). The van der Waals surface area contributed by atoms with Gasteiger partial charge in [0.25, 0.3) is 5.91 Å². The fourth-order valence-electron chi connectivity index (χ4n) is 1.93. The topological polar surface area (TPSA) is 49.8 Å². The summed E-state index contributed by atoms with van der Waals surface area (Å²) in [7, 11) is 1.65. The molecule has 4 nitrogen and oxygen atoms in total. The number of carbonyl (C=O) groups excluding carboxylic acids is 1. The van der Waals surface area contributed by atoms with Crippen LogP contribution in [0.1, 0.15) is 16.8 Å². The van der Waals surface area contributed by atoms with E-state index in [0.717, 1.165) is 6.42 Å². The number of likely N-dealkylation sites (tertiary alicyclic amines) is 1. The molecule has 1 aliphatic heterocycles. The molecule has 1 aliphatic rings. The number of carbonyl (C=O) groups is 1. The zero-order valence-corrected chi connectivity index (χ0v) is 10.3. The van der Waals surface area contributed by atoms with E-state index in [-0.39, 0.29) is 22.8 Å². The summed E-state index contributed by atoms with van der Waals surface area (Å²) in [6, 6.07) is 4.49. The second kappa shape index (κ2) is 4.94. The molecule has 0 saturated carbocycles. The average molecular weight is 256 g/mol. The summed E-state index contributed by atoms with van der Waals surface area (Å²) in [6.07, 6.45) is 0.972. The van der Waals surface area contributed by atoms with Gasteiger partial charge in [0.15, 0.2) is 0 Å². The van der Waals surface area contributed by atoms with Crippen LogP contribution in [-0.4, -0.2) is 42.2 Å². The Morgan fingerprint density at radius 3 is 2.94 bits per heavy atom. The molecule has 92 valence electrons. The fourth-order valence-corrected chi connectivity index (χ4v) is 2.11. The first kappa shape index (κ1) is 12.2. The molecule has 1 aromatic carbocycles. The van der Waals surface area contributed by atoms with E-state index in [4.69, 9.17) is 16.3 Å². The Kier molecular flexibility index (Phi) is 3.54. The zero-order valence-electron chi connectivity index (χ0n) is 9.52. The van der Waals surface area contributed by atoms with Gasteiger partial charge in [-0.15, -0.1) is 0 Å². The van der Waals surface area contributed by atoms with Crippen LogP contribution in [0.15, 0.2) is 18.2 Å². The molecule has 1 atom stereocenters. The second-order valence-corrected chi connectivity index (χ2v) is 4.47. The summed E-state index contributed by atoms with van der Waals surface area (Å²) in [6.45, 7) is 1.30. The first-order valence-corrected chi connectivity index (χ1v) is 5.80. The van der Waals surface area contributed by atoms with Crippen LogP contribution in [0.5, 0.6) is 5.75 Å². The Hall–Kier alpha value is -1.26. The van der Waals surface area contributed by atoms with E-state index in [2.05, 4.69) is 0 Å². The third-order valence-corrected chi connectivity index (χ3v) is 3.26. The van der Waals surface area contributed by atoms with Crippen molar-refractivity contribution in [3.63, 3.8) is 0 Å². The van der Waals surface area contributed by atoms with Crippen LogP contribution in [0.2, 0.25) is 5.02 Å². The second-order valence-electron chi connectivity index (χ2n) is 4.06. The van der Waals surface area contributed by atoms with Crippen molar-refractivity contribution in [3.05, 3.63) is 28.8 Å². The monoisotopic (exact) mass is 255 g/mol. The lowest BCUT2D eigenvalue weighted by Crippen LogP contribution is -2.29. The Bertz CT molecular complexity index is 436. The summed E-state index contributed by atoms with van der Waals surface area (Å²) in [4.78, 5) is 13.8. The minimum Gasteiger partial charge on any atom is -0.506 e. The predicted octanol–water partition coefficient (Wildman–Crippen LogP) is 1.91. The summed E-state index contributed by atoms with van der Waals surface area (Å²) >= 11 is 5.78. The number of hydrogen-bond acceptors (Lipinski definition) is 3. The lowest BCUT2D eigenvalue weighted by molar-refractivity contribution is 0.0724. The Balaban J connectivity index is 2.12. The van der Waals surface area contributed by atoms with Crippen molar-refractivity contribution in [1.29, 1.82) is 0 Å². The van der Waals surface area contributed by atoms with E-state index < -0.39 is 0 Å². The molecule has 1 heterocycles. The van der Waals surface area contributed by atoms with Crippen molar-refractivity contribution in [2.24, 2.45) is 0 Å². The Morgan fingerprint density at radius 2 is 2.35 bits per heavy atom. The van der Waals surface area contributed by atoms with Gasteiger partial charge in [-0.2, -0.15) is 0 Å². The van der Waals surface area contributed by atoms with E-state index in [1.807, 2.05) is 0 Å². The van der Waals surface area contributed by atoms with Gasteiger partial charge in [-0.3, -0.25) is 4.79 Å². The average Bonchev–Trinajstić information content (AvgIpc) is 2.80. The first-order valence-electron chi connectivity index (χ1n) is 5.42. The molecule has 5 heteroatoms. The van der Waals surface area contributed by atoms with Crippen molar-refractivity contribution in [2.45, 2.75) is 12.5 Å². The molecule has 0 aliphatic carbocycles. The van der Waals surface area contributed by atoms with Gasteiger partial charge in [0.1, 0.15) is 5.75 Å². The minimum atomic E-state index is -0.0774. The van der Waals surface area contributed by atoms with Gasteiger partial charge in [0.2, 0.25) is 0 Å². The third-order valence-electron chi connectivity index (χ3n) is 2.96. The van der Waals surface area contributed by atoms with Crippen LogP contribution in [0.25, 0.3) is 0 Å². The molecule has 17 heavy (non-hydrogen) atoms. The Morgan fingerprint density at radius 1 is 1.59 bits per heavy atom. The van der Waals surface area contributed by atoms with Crippen LogP contribution in [0, 0.1) is 0 Å². The van der Waals surface area contributed by atoms with Crippen LogP contribution in [-0.2, 0) is 4.74 Å². The molecule has 0 spiro atoms. The summed E-state index contributed by atoms with van der Waals surface area (Å²) in [5, 5.41) is 9.49. The number of methoxy groups -OCH3 is 1. The number of rotatable bonds is 2. The fraction of sp³-hybridized carbons (Fsp3) is 0.417. The summed E-state index contributed by atoms with van der Waals surface area (Å²) in [5.74, 6) is -0.0918. The largest absolute Gasteiger partial charge is 0.506 e. The van der Waals surface area contributed by atoms with Gasteiger partial charge < -0.3 is 14.7 Å². The number of aromatic hydroxyl groups is 1. The van der Waals surface area contributed by atoms with Crippen molar-refractivity contribution in [1.82, 2.24) is 4.90 Å². The van der Waals surface area contributed by atoms with E-state index in [9.17, 15) is 9.90 Å². The summed E-state index contributed by atoms with van der Waals surface area (Å²) in [5.41, 5.74) is 0.490. The van der Waals surface area contributed by atoms with Crippen LogP contribution in [0.3, 0.4) is 0 Å². The van der Waals surface area contributed by atoms with Gasteiger partial charge in [-0.25, -0.2) is 0 Å². The molecule has 0 aromatic heterocycles. The van der Waals surface area contributed by atoms with Crippen molar-refractivity contribution in [2.75, 3.05) is 20.2 Å². The van der Waals surface area contributed by atoms with Gasteiger partial charge in [0, 0.05) is 25.8 Å². The minimum absolute atomic E-state index is 0.0144. The van der Waals surface area contributed by atoms with Gasteiger partial charge in [-0.05, 0) is 24.6 Å². The standard InChI is InChI=1S/C12H14ClNO3/c1-17-9-4-5-14(7-9)12(16)8-2-3-11(15)10(13)6-8/h2-3,6,9,15H,4-5,7H2,1H3. The lowest BCUT2D eigenvalue weighted by Gasteiger charge is -2.16. The third kappa shape index (κ3) is 2.53. The number of amides is 1. The number of phenolic OH excluding ortho intramolecular Hbond substituents is 1. The van der Waals surface area contributed by atoms with Crippen LogP contribution < -0.4 is 0 Å². The van der Waals surface area contributed by atoms with Crippen molar-refractivity contribution in [3.8, 4) is 5.75 Å². The molecule has 0 bridgehead atoms. The molecule has 1 N–H and O–H groups in total. The van der Waals surface area contributed by atoms with E-state index in [1.165, 1.54) is 12.1 Å². The predicted molar refractivity (Wildman–Crippen MR) is 64.4 cm³/mol. The number of hydrogen-bond donors (Lipinski definition) is 1. The maximum atomic E-state index is 12.1. The first-order chi connectivity index (χ1) is 8.11. The van der Waals surface area contributed by atoms with E-state index in [0.29, 0.717) is 18.7 Å². The highest BCUT2D eigenvalue weighted by Gasteiger charge is 2.26. The molecule has 1 fully saturated rings. The number of halogens is 1. The van der Waals surface area contributed by atoms with E-state index >= 15 is 0 Å². The normalized spacial score (nSPS) is 19.6. The smallest absolute Gasteiger partial charge is 0.253 e. The highest BCUT2D eigenvalue weighted by Crippen LogP contribution is 2.25. The molecule has 1 unspecified atom stereocenters. The van der Waals surface area contributed by atoms with Crippen molar-refractivity contribution >= 4 is 17.5 Å². The van der Waals surface area contributed by atoms with E-state index in [1.54, 1.807) is 18.1 Å². The Labute approximate surface area is 105 Å². The summed E-state index contributed by atoms with van der Waals surface area (Å²) < 4.78 is 5.21. The molecule has 1 amide bonds. The molecular weight excluding hydrogens is 242 g/mol. The molecule has 1 saturated heterocycles. The molecule has 1 aromatic rings. The number of ether oxygens (including phenoxy) is 1. The molecular formula is C12H14ClNO3. The van der Waals surface area contributed by atoms with Gasteiger partial charge >= 0.3 is 0 Å². The number of benzene rings is 1. The maximum Gasteiger partial charge on any atom is 0.253 e. The van der Waals surface area contributed by atoms with Gasteiger partial charge in [-0.1, -0.05) is 11.6 Å². The number of phenols is 1. The van der Waals surface area contributed by atoms with Crippen LogP contribution in [0.4, 0.5) is 0 Å². The van der Waals surface area contributed by atoms with Gasteiger partial charge in [0.05, 0.1) is 11.1 Å². The number of nitrogens with zero attached hydrogens (tertiary/aromatic N) is 1. The highest BCUT2D eigenvalue weighted by molar-refractivity contribution is 6.32. The zero-order chi connectivity index (χ0) is 12.4.